The largest absolute Gasteiger partial charge is 0.377 e. The van der Waals surface area contributed by atoms with E-state index in [1.54, 1.807) is 7.11 Å². The van der Waals surface area contributed by atoms with E-state index in [4.69, 9.17) is 4.74 Å². The minimum absolute atomic E-state index is 0.0160. The third kappa shape index (κ3) is 3.19. The van der Waals surface area contributed by atoms with E-state index in [0.29, 0.717) is 6.54 Å². The highest BCUT2D eigenvalue weighted by Gasteiger charge is 2.36. The number of nitrogens with zero attached hydrogens (tertiary/aromatic N) is 1. The number of amides is 1. The Labute approximate surface area is 104 Å². The maximum Gasteiger partial charge on any atom is 0.236 e. The molecular formula is C13H24N2O2. The molecule has 0 unspecified atom stereocenters. The van der Waals surface area contributed by atoms with Crippen LogP contribution in [-0.2, 0) is 9.53 Å². The molecule has 2 fully saturated rings. The molecule has 98 valence electrons. The van der Waals surface area contributed by atoms with Gasteiger partial charge in [0.1, 0.15) is 0 Å². The molecule has 1 N–H and O–H groups in total. The molecule has 1 heterocycles. The molecule has 1 aliphatic heterocycles. The summed E-state index contributed by atoms with van der Waals surface area (Å²) in [5.41, 5.74) is 0.0160. The number of methoxy groups -OCH3 is 1. The van der Waals surface area contributed by atoms with Gasteiger partial charge in [-0.2, -0.15) is 0 Å². The Morgan fingerprint density at radius 3 is 2.47 bits per heavy atom. The molecule has 0 spiro atoms. The summed E-state index contributed by atoms with van der Waals surface area (Å²) in [7, 11) is 1.77. The average Bonchev–Trinajstić information content (AvgIpc) is 2.33. The van der Waals surface area contributed by atoms with E-state index in [1.165, 1.54) is 12.8 Å². The molecule has 0 aromatic carbocycles. The summed E-state index contributed by atoms with van der Waals surface area (Å²) in [4.78, 5) is 13.9. The minimum Gasteiger partial charge on any atom is -0.377 e. The van der Waals surface area contributed by atoms with E-state index >= 15 is 0 Å². The van der Waals surface area contributed by atoms with Gasteiger partial charge in [-0.1, -0.05) is 0 Å². The highest BCUT2D eigenvalue weighted by molar-refractivity contribution is 5.78. The molecule has 2 aliphatic rings. The van der Waals surface area contributed by atoms with E-state index < -0.39 is 0 Å². The van der Waals surface area contributed by atoms with Crippen molar-refractivity contribution in [2.24, 2.45) is 0 Å². The number of hydrogen-bond donors (Lipinski definition) is 1. The second kappa shape index (κ2) is 5.83. The zero-order valence-corrected chi connectivity index (χ0v) is 10.8. The van der Waals surface area contributed by atoms with Gasteiger partial charge < -0.3 is 15.0 Å². The first-order valence-electron chi connectivity index (χ1n) is 6.79. The summed E-state index contributed by atoms with van der Waals surface area (Å²) in [6.07, 6.45) is 7.07. The highest BCUT2D eigenvalue weighted by atomic mass is 16.5. The van der Waals surface area contributed by atoms with Crippen molar-refractivity contribution in [3.63, 3.8) is 0 Å². The second-order valence-electron chi connectivity index (χ2n) is 5.29. The number of ether oxygens (including phenoxy) is 1. The molecule has 0 aromatic heterocycles. The molecule has 0 aromatic rings. The van der Waals surface area contributed by atoms with Crippen LogP contribution in [0.4, 0.5) is 0 Å². The van der Waals surface area contributed by atoms with Gasteiger partial charge in [0.05, 0.1) is 12.1 Å². The maximum atomic E-state index is 11.9. The van der Waals surface area contributed by atoms with Crippen LogP contribution in [0.3, 0.4) is 0 Å². The van der Waals surface area contributed by atoms with E-state index in [1.807, 2.05) is 4.90 Å². The van der Waals surface area contributed by atoms with Crippen molar-refractivity contribution in [3.05, 3.63) is 0 Å². The van der Waals surface area contributed by atoms with Gasteiger partial charge in [0.25, 0.3) is 0 Å². The fourth-order valence-electron chi connectivity index (χ4n) is 2.68. The summed E-state index contributed by atoms with van der Waals surface area (Å²) in [6.45, 7) is 3.15. The molecule has 0 radical (unpaired) electrons. The third-order valence-corrected chi connectivity index (χ3v) is 4.13. The van der Waals surface area contributed by atoms with Gasteiger partial charge in [0.15, 0.2) is 0 Å². The first-order valence-corrected chi connectivity index (χ1v) is 6.79. The summed E-state index contributed by atoms with van der Waals surface area (Å²) in [5.74, 6) is 0.246. The van der Waals surface area contributed by atoms with Crippen LogP contribution >= 0.6 is 0 Å². The molecule has 0 bridgehead atoms. The van der Waals surface area contributed by atoms with Crippen LogP contribution in [0.2, 0.25) is 0 Å². The van der Waals surface area contributed by atoms with E-state index in [9.17, 15) is 4.79 Å². The molecule has 17 heavy (non-hydrogen) atoms. The Hall–Kier alpha value is -0.610. The van der Waals surface area contributed by atoms with Gasteiger partial charge in [0.2, 0.25) is 5.91 Å². The van der Waals surface area contributed by atoms with Crippen LogP contribution in [-0.4, -0.2) is 49.7 Å². The Morgan fingerprint density at radius 2 is 1.94 bits per heavy atom. The quantitative estimate of drug-likeness (QED) is 0.784. The van der Waals surface area contributed by atoms with Crippen LogP contribution < -0.4 is 5.32 Å². The summed E-state index contributed by atoms with van der Waals surface area (Å²) < 4.78 is 5.51. The topological polar surface area (TPSA) is 41.6 Å². The highest BCUT2D eigenvalue weighted by Crippen LogP contribution is 2.34. The molecule has 1 aliphatic carbocycles. The van der Waals surface area contributed by atoms with Crippen LogP contribution in [0.1, 0.15) is 38.5 Å². The lowest BCUT2D eigenvalue weighted by molar-refractivity contribution is -0.131. The number of rotatable bonds is 5. The standard InChI is InChI=1S/C13H24N2O2/c1-17-13(6-5-7-13)11-14-10-12(16)15-8-3-2-4-9-15/h14H,2-11H2,1H3. The smallest absolute Gasteiger partial charge is 0.236 e. The van der Waals surface area contributed by atoms with Crippen LogP contribution in [0, 0.1) is 0 Å². The van der Waals surface area contributed by atoms with Crippen molar-refractivity contribution in [1.29, 1.82) is 0 Å². The zero-order valence-electron chi connectivity index (χ0n) is 10.8. The van der Waals surface area contributed by atoms with Gasteiger partial charge in [-0.05, 0) is 38.5 Å². The monoisotopic (exact) mass is 240 g/mol. The van der Waals surface area contributed by atoms with Gasteiger partial charge in [-0.3, -0.25) is 4.79 Å². The van der Waals surface area contributed by atoms with E-state index in [0.717, 1.165) is 45.3 Å². The average molecular weight is 240 g/mol. The summed E-state index contributed by atoms with van der Waals surface area (Å²) in [5, 5.41) is 3.26. The van der Waals surface area contributed by atoms with Crippen LogP contribution in [0.5, 0.6) is 0 Å². The second-order valence-corrected chi connectivity index (χ2v) is 5.29. The molecule has 1 saturated carbocycles. The first kappa shape index (κ1) is 12.8. The van der Waals surface area contributed by atoms with Crippen molar-refractivity contribution in [2.75, 3.05) is 33.3 Å². The first-order chi connectivity index (χ1) is 8.26. The van der Waals surface area contributed by atoms with Gasteiger partial charge in [0, 0.05) is 26.7 Å². The van der Waals surface area contributed by atoms with Crippen molar-refractivity contribution < 1.29 is 9.53 Å². The van der Waals surface area contributed by atoms with Gasteiger partial charge in [-0.15, -0.1) is 0 Å². The minimum atomic E-state index is 0.0160. The predicted molar refractivity (Wildman–Crippen MR) is 66.9 cm³/mol. The van der Waals surface area contributed by atoms with Gasteiger partial charge in [-0.25, -0.2) is 0 Å². The number of nitrogens with one attached hydrogen (secondary N) is 1. The van der Waals surface area contributed by atoms with E-state index in [2.05, 4.69) is 5.32 Å². The normalized spacial score (nSPS) is 23.2. The third-order valence-electron chi connectivity index (χ3n) is 4.13. The molecule has 0 atom stereocenters. The number of piperidine rings is 1. The Kier molecular flexibility index (Phi) is 4.40. The lowest BCUT2D eigenvalue weighted by Crippen LogP contribution is -2.50. The summed E-state index contributed by atoms with van der Waals surface area (Å²) in [6, 6.07) is 0. The van der Waals surface area contributed by atoms with E-state index in [-0.39, 0.29) is 11.5 Å². The molecule has 4 nitrogen and oxygen atoms in total. The molecule has 1 saturated heterocycles. The lowest BCUT2D eigenvalue weighted by Gasteiger charge is -2.40. The van der Waals surface area contributed by atoms with Crippen molar-refractivity contribution >= 4 is 5.91 Å². The van der Waals surface area contributed by atoms with Crippen LogP contribution in [0.15, 0.2) is 0 Å². The maximum absolute atomic E-state index is 11.9. The number of carbonyl (C=O) groups is 1. The van der Waals surface area contributed by atoms with Crippen molar-refractivity contribution in [2.45, 2.75) is 44.1 Å². The number of likely N-dealkylation sites (tertiary alicyclic amines) is 1. The lowest BCUT2D eigenvalue weighted by atomic mass is 9.80. The predicted octanol–water partition coefficient (Wildman–Crippen LogP) is 1.16. The fourth-order valence-corrected chi connectivity index (χ4v) is 2.68. The number of carbonyl (C=O) groups excluding carboxylic acids is 1. The zero-order chi connectivity index (χ0) is 12.1. The molecule has 1 amide bonds. The van der Waals surface area contributed by atoms with Crippen molar-refractivity contribution in [3.8, 4) is 0 Å². The Bertz CT molecular complexity index is 253. The summed E-state index contributed by atoms with van der Waals surface area (Å²) >= 11 is 0. The Morgan fingerprint density at radius 1 is 1.24 bits per heavy atom. The molecule has 4 heteroatoms. The number of hydrogen-bond acceptors (Lipinski definition) is 3. The van der Waals surface area contributed by atoms with Crippen LogP contribution in [0.25, 0.3) is 0 Å². The van der Waals surface area contributed by atoms with Gasteiger partial charge >= 0.3 is 0 Å². The molecule has 2 rings (SSSR count). The molecular weight excluding hydrogens is 216 g/mol. The SMILES string of the molecule is COC1(CNCC(=O)N2CCCCC2)CCC1. The van der Waals surface area contributed by atoms with Crippen molar-refractivity contribution in [1.82, 2.24) is 10.2 Å². The Balaban J connectivity index is 1.65. The fraction of sp³-hybridized carbons (Fsp3) is 0.923.